The quantitative estimate of drug-likeness (QED) is 0.639. The number of benzene rings is 1. The van der Waals surface area contributed by atoms with Gasteiger partial charge in [-0.15, -0.1) is 15.3 Å². The van der Waals surface area contributed by atoms with E-state index < -0.39 is 10.0 Å². The van der Waals surface area contributed by atoms with Crippen molar-refractivity contribution in [3.63, 3.8) is 0 Å². The Morgan fingerprint density at radius 2 is 2.04 bits per heavy atom. The molecule has 3 aromatic rings. The van der Waals surface area contributed by atoms with Crippen molar-refractivity contribution in [2.75, 3.05) is 32.2 Å². The van der Waals surface area contributed by atoms with Crippen molar-refractivity contribution in [2.45, 2.75) is 17.4 Å². The predicted molar refractivity (Wildman–Crippen MR) is 101 cm³/mol. The molecule has 0 aliphatic carbocycles. The summed E-state index contributed by atoms with van der Waals surface area (Å²) in [5.41, 5.74) is 0.658. The monoisotopic (exact) mass is 404 g/mol. The molecule has 1 saturated heterocycles. The first-order chi connectivity index (χ1) is 13.5. The van der Waals surface area contributed by atoms with E-state index >= 15 is 0 Å². The highest BCUT2D eigenvalue weighted by Gasteiger charge is 2.30. The zero-order valence-electron chi connectivity index (χ0n) is 15.4. The summed E-state index contributed by atoms with van der Waals surface area (Å²) in [6.45, 7) is 1.19. The van der Waals surface area contributed by atoms with Crippen LogP contribution in [0.2, 0.25) is 0 Å². The summed E-state index contributed by atoms with van der Waals surface area (Å²) < 4.78 is 40.5. The minimum atomic E-state index is -3.78. The van der Waals surface area contributed by atoms with E-state index in [4.69, 9.17) is 9.47 Å². The number of sulfonamides is 1. The van der Waals surface area contributed by atoms with Crippen LogP contribution in [-0.2, 0) is 10.0 Å². The standard InChI is InChI=1S/C17H20N6O4S/c1-26-13-3-4-14(27-2)15(9-13)28(24,25)21-12-7-8-22(10-12)17-6-5-16-19-18-11-23(16)20-17/h3-6,9,11-12,21H,7-8,10H2,1-2H3/t12-/m0/s1. The Bertz CT molecular complexity index is 1100. The molecule has 11 heteroatoms. The lowest BCUT2D eigenvalue weighted by molar-refractivity contribution is 0.391. The Morgan fingerprint density at radius 3 is 2.82 bits per heavy atom. The summed E-state index contributed by atoms with van der Waals surface area (Å²) in [6.07, 6.45) is 2.19. The molecule has 148 valence electrons. The second kappa shape index (κ2) is 7.24. The largest absolute Gasteiger partial charge is 0.497 e. The molecule has 0 saturated carbocycles. The summed E-state index contributed by atoms with van der Waals surface area (Å²) in [5, 5.41) is 12.2. The lowest BCUT2D eigenvalue weighted by Gasteiger charge is -2.18. The number of nitrogens with one attached hydrogen (secondary N) is 1. The van der Waals surface area contributed by atoms with Crippen molar-refractivity contribution in [3.05, 3.63) is 36.7 Å². The van der Waals surface area contributed by atoms with Crippen molar-refractivity contribution in [1.29, 1.82) is 0 Å². The molecule has 1 aliphatic rings. The van der Waals surface area contributed by atoms with Gasteiger partial charge in [-0.3, -0.25) is 0 Å². The van der Waals surface area contributed by atoms with Gasteiger partial charge in [-0.25, -0.2) is 13.1 Å². The summed E-state index contributed by atoms with van der Waals surface area (Å²) in [4.78, 5) is 2.08. The molecule has 0 radical (unpaired) electrons. The van der Waals surface area contributed by atoms with Crippen LogP contribution in [0, 0.1) is 0 Å². The number of hydrogen-bond acceptors (Lipinski definition) is 8. The zero-order valence-corrected chi connectivity index (χ0v) is 16.3. The van der Waals surface area contributed by atoms with Crippen LogP contribution in [0.3, 0.4) is 0 Å². The van der Waals surface area contributed by atoms with E-state index in [0.717, 1.165) is 5.82 Å². The molecule has 0 amide bonds. The van der Waals surface area contributed by atoms with Crippen molar-refractivity contribution >= 4 is 21.5 Å². The smallest absolute Gasteiger partial charge is 0.244 e. The summed E-state index contributed by atoms with van der Waals surface area (Å²) in [5.74, 6) is 1.46. The van der Waals surface area contributed by atoms with Crippen molar-refractivity contribution < 1.29 is 17.9 Å². The fraction of sp³-hybridized carbons (Fsp3) is 0.353. The highest BCUT2D eigenvalue weighted by atomic mass is 32.2. The highest BCUT2D eigenvalue weighted by Crippen LogP contribution is 2.29. The molecule has 2 aromatic heterocycles. The van der Waals surface area contributed by atoms with Gasteiger partial charge in [0, 0.05) is 25.2 Å². The molecule has 1 N–H and O–H groups in total. The van der Waals surface area contributed by atoms with Crippen molar-refractivity contribution in [3.8, 4) is 11.5 Å². The molecular formula is C17H20N6O4S. The molecule has 1 aromatic carbocycles. The fourth-order valence-corrected chi connectivity index (χ4v) is 4.67. The summed E-state index contributed by atoms with van der Waals surface area (Å²) >= 11 is 0. The van der Waals surface area contributed by atoms with Gasteiger partial charge in [-0.1, -0.05) is 0 Å². The average Bonchev–Trinajstić information content (AvgIpc) is 3.35. The number of methoxy groups -OCH3 is 2. The molecule has 28 heavy (non-hydrogen) atoms. The van der Waals surface area contributed by atoms with Gasteiger partial charge < -0.3 is 14.4 Å². The van der Waals surface area contributed by atoms with Crippen LogP contribution in [0.4, 0.5) is 5.82 Å². The minimum absolute atomic E-state index is 0.0526. The van der Waals surface area contributed by atoms with Crippen LogP contribution >= 0.6 is 0 Å². The van der Waals surface area contributed by atoms with Gasteiger partial charge in [0.05, 0.1) is 14.2 Å². The summed E-state index contributed by atoms with van der Waals surface area (Å²) in [6, 6.07) is 8.11. The fourth-order valence-electron chi connectivity index (χ4n) is 3.23. The maximum Gasteiger partial charge on any atom is 0.244 e. The Hall–Kier alpha value is -2.92. The molecule has 0 unspecified atom stereocenters. The minimum Gasteiger partial charge on any atom is -0.497 e. The third-order valence-electron chi connectivity index (χ3n) is 4.64. The number of fused-ring (bicyclic) bond motifs is 1. The lowest BCUT2D eigenvalue weighted by atomic mass is 10.3. The number of anilines is 1. The molecule has 10 nitrogen and oxygen atoms in total. The van der Waals surface area contributed by atoms with Crippen LogP contribution in [0.5, 0.6) is 11.5 Å². The molecule has 0 bridgehead atoms. The molecule has 4 rings (SSSR count). The highest BCUT2D eigenvalue weighted by molar-refractivity contribution is 7.89. The van der Waals surface area contributed by atoms with Crippen molar-refractivity contribution in [2.24, 2.45) is 0 Å². The van der Waals surface area contributed by atoms with E-state index in [9.17, 15) is 8.42 Å². The molecule has 0 spiro atoms. The van der Waals surface area contributed by atoms with Gasteiger partial charge in [-0.2, -0.15) is 4.52 Å². The maximum atomic E-state index is 12.9. The van der Waals surface area contributed by atoms with Crippen LogP contribution in [0.25, 0.3) is 5.65 Å². The molecular weight excluding hydrogens is 384 g/mol. The van der Waals surface area contributed by atoms with Gasteiger partial charge in [0.25, 0.3) is 0 Å². The van der Waals surface area contributed by atoms with Crippen LogP contribution in [0.1, 0.15) is 6.42 Å². The third kappa shape index (κ3) is 3.45. The first kappa shape index (κ1) is 18.4. The average molecular weight is 404 g/mol. The molecule has 1 fully saturated rings. The van der Waals surface area contributed by atoms with E-state index in [1.54, 1.807) is 16.6 Å². The Morgan fingerprint density at radius 1 is 1.18 bits per heavy atom. The zero-order chi connectivity index (χ0) is 19.7. The summed E-state index contributed by atoms with van der Waals surface area (Å²) in [7, 11) is -0.856. The number of rotatable bonds is 6. The van der Waals surface area contributed by atoms with E-state index in [0.29, 0.717) is 30.9 Å². The van der Waals surface area contributed by atoms with E-state index in [-0.39, 0.29) is 16.7 Å². The second-order valence-electron chi connectivity index (χ2n) is 6.39. The number of aromatic nitrogens is 4. The van der Waals surface area contributed by atoms with Gasteiger partial charge in [0.15, 0.2) is 5.65 Å². The van der Waals surface area contributed by atoms with E-state index in [1.165, 1.54) is 26.6 Å². The van der Waals surface area contributed by atoms with Gasteiger partial charge in [0.1, 0.15) is 28.5 Å². The predicted octanol–water partition coefficient (Wildman–Crippen LogP) is 0.699. The lowest BCUT2D eigenvalue weighted by Crippen LogP contribution is -2.37. The van der Waals surface area contributed by atoms with Crippen molar-refractivity contribution in [1.82, 2.24) is 24.5 Å². The molecule has 3 heterocycles. The van der Waals surface area contributed by atoms with Crippen LogP contribution < -0.4 is 19.1 Å². The Kier molecular flexibility index (Phi) is 4.77. The first-order valence-electron chi connectivity index (χ1n) is 8.66. The van der Waals surface area contributed by atoms with E-state index in [2.05, 4.69) is 20.0 Å². The topological polar surface area (TPSA) is 111 Å². The van der Waals surface area contributed by atoms with Crippen LogP contribution in [-0.4, -0.2) is 61.6 Å². The second-order valence-corrected chi connectivity index (χ2v) is 8.08. The maximum absolute atomic E-state index is 12.9. The van der Waals surface area contributed by atoms with E-state index in [1.807, 2.05) is 17.0 Å². The SMILES string of the molecule is COc1ccc(OC)c(S(=O)(=O)N[C@H]2CCN(c3ccc4nncn4n3)C2)c1. The number of hydrogen-bond donors (Lipinski definition) is 1. The normalized spacial score (nSPS) is 17.2. The first-order valence-corrected chi connectivity index (χ1v) is 10.1. The third-order valence-corrected chi connectivity index (χ3v) is 6.18. The van der Waals surface area contributed by atoms with Gasteiger partial charge in [0.2, 0.25) is 10.0 Å². The molecule has 1 aliphatic heterocycles. The van der Waals surface area contributed by atoms with Crippen LogP contribution in [0.15, 0.2) is 41.6 Å². The number of nitrogens with zero attached hydrogens (tertiary/aromatic N) is 5. The Labute approximate surface area is 162 Å². The number of ether oxygens (including phenoxy) is 2. The Balaban J connectivity index is 1.51. The van der Waals surface area contributed by atoms with Gasteiger partial charge >= 0.3 is 0 Å². The molecule has 1 atom stereocenters. The van der Waals surface area contributed by atoms with Gasteiger partial charge in [-0.05, 0) is 30.7 Å².